The maximum absolute atomic E-state index is 9.38. The van der Waals surface area contributed by atoms with Gasteiger partial charge in [-0.15, -0.1) is 11.3 Å². The summed E-state index contributed by atoms with van der Waals surface area (Å²) in [4.78, 5) is 5.08. The van der Waals surface area contributed by atoms with Gasteiger partial charge in [0.25, 0.3) is 0 Å². The summed E-state index contributed by atoms with van der Waals surface area (Å²) in [7, 11) is 0. The molecule has 0 fully saturated rings. The number of phenolic OH excluding ortho intramolecular Hbond substituents is 1. The minimum atomic E-state index is -0.0910. The summed E-state index contributed by atoms with van der Waals surface area (Å²) in [5.74, 6) is -0.0910. The summed E-state index contributed by atoms with van der Waals surface area (Å²) in [5, 5.41) is 13.0. The molecular formula is C10H8Cl2N2OS. The van der Waals surface area contributed by atoms with Gasteiger partial charge in [-0.2, -0.15) is 0 Å². The summed E-state index contributed by atoms with van der Waals surface area (Å²) in [5.41, 5.74) is 2.54. The maximum atomic E-state index is 9.38. The van der Waals surface area contributed by atoms with E-state index in [1.54, 1.807) is 35.2 Å². The van der Waals surface area contributed by atoms with Crippen LogP contribution < -0.4 is 5.32 Å². The number of aromatic nitrogens is 1. The van der Waals surface area contributed by atoms with Gasteiger partial charge in [0.1, 0.15) is 0 Å². The molecule has 1 heterocycles. The van der Waals surface area contributed by atoms with Gasteiger partial charge in [0, 0.05) is 16.8 Å². The zero-order chi connectivity index (χ0) is 11.5. The quantitative estimate of drug-likeness (QED) is 0.838. The van der Waals surface area contributed by atoms with Crippen molar-refractivity contribution in [1.82, 2.24) is 4.98 Å². The Morgan fingerprint density at radius 3 is 2.56 bits per heavy atom. The molecular weight excluding hydrogens is 267 g/mol. The van der Waals surface area contributed by atoms with Crippen LogP contribution >= 0.6 is 34.5 Å². The van der Waals surface area contributed by atoms with Gasteiger partial charge in [0.15, 0.2) is 5.75 Å². The third kappa shape index (κ3) is 2.58. The molecule has 0 radical (unpaired) electrons. The van der Waals surface area contributed by atoms with Crippen molar-refractivity contribution in [2.45, 2.75) is 6.54 Å². The van der Waals surface area contributed by atoms with Crippen LogP contribution in [0.1, 0.15) is 4.88 Å². The maximum Gasteiger partial charge on any atom is 0.152 e. The number of hydrogen-bond donors (Lipinski definition) is 2. The Hall–Kier alpha value is -0.970. The highest BCUT2D eigenvalue weighted by molar-refractivity contribution is 7.09. The van der Waals surface area contributed by atoms with Crippen LogP contribution in [0, 0.1) is 0 Å². The van der Waals surface area contributed by atoms with Crippen molar-refractivity contribution in [2.75, 3.05) is 5.32 Å². The Balaban J connectivity index is 2.10. The molecule has 16 heavy (non-hydrogen) atoms. The second kappa shape index (κ2) is 4.91. The van der Waals surface area contributed by atoms with Gasteiger partial charge in [0.05, 0.1) is 22.1 Å². The van der Waals surface area contributed by atoms with Crippen LogP contribution in [0.5, 0.6) is 5.75 Å². The van der Waals surface area contributed by atoms with Crippen LogP contribution in [-0.2, 0) is 6.54 Å². The number of halogens is 2. The summed E-state index contributed by atoms with van der Waals surface area (Å²) >= 11 is 13.2. The fraction of sp³-hybridized carbons (Fsp3) is 0.100. The number of hydrogen-bond acceptors (Lipinski definition) is 4. The first-order chi connectivity index (χ1) is 7.66. The molecule has 2 aromatic rings. The number of nitrogens with zero attached hydrogens (tertiary/aromatic N) is 1. The number of benzene rings is 1. The van der Waals surface area contributed by atoms with Gasteiger partial charge in [-0.1, -0.05) is 23.2 Å². The Kier molecular flexibility index (Phi) is 3.53. The number of rotatable bonds is 3. The first-order valence-corrected chi connectivity index (χ1v) is 6.09. The Morgan fingerprint density at radius 2 is 2.00 bits per heavy atom. The van der Waals surface area contributed by atoms with Crippen LogP contribution in [0.3, 0.4) is 0 Å². The van der Waals surface area contributed by atoms with Gasteiger partial charge in [-0.05, 0) is 12.1 Å². The van der Waals surface area contributed by atoms with Gasteiger partial charge in [-0.3, -0.25) is 4.98 Å². The normalized spacial score (nSPS) is 10.4. The monoisotopic (exact) mass is 274 g/mol. The largest absolute Gasteiger partial charge is 0.505 e. The minimum Gasteiger partial charge on any atom is -0.505 e. The number of anilines is 1. The molecule has 0 aliphatic carbocycles. The summed E-state index contributed by atoms with van der Waals surface area (Å²) < 4.78 is 0. The van der Waals surface area contributed by atoms with Crippen LogP contribution in [0.15, 0.2) is 23.8 Å². The van der Waals surface area contributed by atoms with Crippen LogP contribution in [0.25, 0.3) is 0 Å². The fourth-order valence-electron chi connectivity index (χ4n) is 1.19. The molecule has 0 saturated heterocycles. The molecule has 84 valence electrons. The van der Waals surface area contributed by atoms with Crippen molar-refractivity contribution in [2.24, 2.45) is 0 Å². The fourth-order valence-corrected chi connectivity index (χ4v) is 2.21. The highest BCUT2D eigenvalue weighted by Gasteiger charge is 2.06. The lowest BCUT2D eigenvalue weighted by molar-refractivity contribution is 0.476. The van der Waals surface area contributed by atoms with Crippen molar-refractivity contribution in [3.63, 3.8) is 0 Å². The lowest BCUT2D eigenvalue weighted by Crippen LogP contribution is -1.97. The zero-order valence-corrected chi connectivity index (χ0v) is 10.4. The van der Waals surface area contributed by atoms with E-state index in [2.05, 4.69) is 10.3 Å². The molecule has 0 aliphatic heterocycles. The molecule has 0 bridgehead atoms. The van der Waals surface area contributed by atoms with E-state index >= 15 is 0 Å². The highest BCUT2D eigenvalue weighted by Crippen LogP contribution is 2.34. The summed E-state index contributed by atoms with van der Waals surface area (Å²) in [6, 6.07) is 3.26. The first kappa shape index (κ1) is 11.5. The van der Waals surface area contributed by atoms with Crippen LogP contribution in [-0.4, -0.2) is 10.1 Å². The predicted octanol–water partition coefficient (Wildman–Crippen LogP) is 3.77. The molecule has 0 spiro atoms. The molecule has 0 aliphatic rings. The van der Waals surface area contributed by atoms with Gasteiger partial charge < -0.3 is 10.4 Å². The van der Waals surface area contributed by atoms with Gasteiger partial charge >= 0.3 is 0 Å². The molecule has 0 saturated carbocycles. The van der Waals surface area contributed by atoms with E-state index in [9.17, 15) is 5.11 Å². The molecule has 1 aromatic carbocycles. The minimum absolute atomic E-state index is 0.0910. The standard InChI is InChI=1S/C10H8Cl2N2OS/c11-8-1-6(2-9(12)10(8)15)14-4-7-3-13-5-16-7/h1-3,5,14-15H,4H2. The molecule has 1 aromatic heterocycles. The molecule has 0 unspecified atom stereocenters. The van der Waals surface area contributed by atoms with E-state index in [0.717, 1.165) is 10.6 Å². The molecule has 6 heteroatoms. The number of aromatic hydroxyl groups is 1. The summed E-state index contributed by atoms with van der Waals surface area (Å²) in [6.07, 6.45) is 1.79. The van der Waals surface area contributed by atoms with E-state index in [1.807, 2.05) is 0 Å². The van der Waals surface area contributed by atoms with Crippen molar-refractivity contribution in [3.8, 4) is 5.75 Å². The number of nitrogens with one attached hydrogen (secondary N) is 1. The summed E-state index contributed by atoms with van der Waals surface area (Å²) in [6.45, 7) is 0.655. The zero-order valence-electron chi connectivity index (χ0n) is 8.08. The molecule has 0 atom stereocenters. The first-order valence-electron chi connectivity index (χ1n) is 4.46. The highest BCUT2D eigenvalue weighted by atomic mass is 35.5. The SMILES string of the molecule is Oc1c(Cl)cc(NCc2cncs2)cc1Cl. The Labute approximate surface area is 107 Å². The van der Waals surface area contributed by atoms with E-state index in [1.165, 1.54) is 0 Å². The molecule has 0 amide bonds. The van der Waals surface area contributed by atoms with E-state index in [4.69, 9.17) is 23.2 Å². The van der Waals surface area contributed by atoms with Crippen molar-refractivity contribution < 1.29 is 5.11 Å². The topological polar surface area (TPSA) is 45.1 Å². The lowest BCUT2D eigenvalue weighted by Gasteiger charge is -2.07. The average Bonchev–Trinajstić information content (AvgIpc) is 2.75. The molecule has 2 N–H and O–H groups in total. The number of thiazole rings is 1. The van der Waals surface area contributed by atoms with Crippen LogP contribution in [0.2, 0.25) is 10.0 Å². The van der Waals surface area contributed by atoms with E-state index in [0.29, 0.717) is 6.54 Å². The Bertz CT molecular complexity index is 465. The molecule has 2 rings (SSSR count). The second-order valence-corrected chi connectivity index (χ2v) is 4.90. The van der Waals surface area contributed by atoms with E-state index < -0.39 is 0 Å². The average molecular weight is 275 g/mol. The van der Waals surface area contributed by atoms with Crippen molar-refractivity contribution in [1.29, 1.82) is 0 Å². The Morgan fingerprint density at radius 1 is 1.31 bits per heavy atom. The van der Waals surface area contributed by atoms with Gasteiger partial charge in [-0.25, -0.2) is 0 Å². The van der Waals surface area contributed by atoms with Crippen LogP contribution in [0.4, 0.5) is 5.69 Å². The lowest BCUT2D eigenvalue weighted by atomic mass is 10.3. The van der Waals surface area contributed by atoms with E-state index in [-0.39, 0.29) is 15.8 Å². The molecule has 3 nitrogen and oxygen atoms in total. The number of phenols is 1. The van der Waals surface area contributed by atoms with Crippen molar-refractivity contribution >= 4 is 40.2 Å². The third-order valence-electron chi connectivity index (χ3n) is 1.97. The predicted molar refractivity (Wildman–Crippen MR) is 67.6 cm³/mol. The van der Waals surface area contributed by atoms with Crippen molar-refractivity contribution in [3.05, 3.63) is 38.8 Å². The smallest absolute Gasteiger partial charge is 0.152 e. The second-order valence-electron chi connectivity index (χ2n) is 3.11. The third-order valence-corrected chi connectivity index (χ3v) is 3.32. The van der Waals surface area contributed by atoms with Gasteiger partial charge in [0.2, 0.25) is 0 Å².